The van der Waals surface area contributed by atoms with E-state index in [9.17, 15) is 19.2 Å². The van der Waals surface area contributed by atoms with E-state index in [0.29, 0.717) is 24.9 Å². The first kappa shape index (κ1) is 22.4. The summed E-state index contributed by atoms with van der Waals surface area (Å²) in [6, 6.07) is 6.70. The number of ketones is 1. The van der Waals surface area contributed by atoms with Crippen LogP contribution in [0, 0.1) is 0 Å². The van der Waals surface area contributed by atoms with Crippen molar-refractivity contribution < 1.29 is 28.7 Å². The van der Waals surface area contributed by atoms with Crippen LogP contribution in [0.15, 0.2) is 24.3 Å². The fourth-order valence-electron chi connectivity index (χ4n) is 2.79. The van der Waals surface area contributed by atoms with Crippen LogP contribution >= 0.6 is 0 Å². The van der Waals surface area contributed by atoms with Gasteiger partial charge in [-0.25, -0.2) is 4.79 Å². The molecule has 0 atom stereocenters. The fourth-order valence-corrected chi connectivity index (χ4v) is 2.79. The molecular formula is C21H28N2O6. The molecule has 29 heavy (non-hydrogen) atoms. The molecule has 1 saturated heterocycles. The SMILES string of the molecule is CC(C)(C)OC(=O)NCCCC(=O)OCC(=O)c1ccc(N2CCCC2=O)cc1. The zero-order valence-corrected chi connectivity index (χ0v) is 17.2. The van der Waals surface area contributed by atoms with E-state index in [-0.39, 0.29) is 31.3 Å². The first-order chi connectivity index (χ1) is 13.7. The van der Waals surface area contributed by atoms with Gasteiger partial charge in [0.2, 0.25) is 5.91 Å². The van der Waals surface area contributed by atoms with Crippen molar-refractivity contribution in [2.45, 2.75) is 52.1 Å². The normalized spacial score (nSPS) is 13.9. The number of benzene rings is 1. The number of anilines is 1. The molecule has 2 amide bonds. The first-order valence-corrected chi connectivity index (χ1v) is 9.72. The van der Waals surface area contributed by atoms with Crippen molar-refractivity contribution in [1.82, 2.24) is 5.32 Å². The van der Waals surface area contributed by atoms with Crippen molar-refractivity contribution in [2.75, 3.05) is 24.6 Å². The number of carbonyl (C=O) groups excluding carboxylic acids is 4. The molecule has 2 rings (SSSR count). The van der Waals surface area contributed by atoms with E-state index in [2.05, 4.69) is 5.32 Å². The van der Waals surface area contributed by atoms with Crippen LogP contribution in [0.5, 0.6) is 0 Å². The molecule has 1 aromatic carbocycles. The molecule has 1 heterocycles. The number of rotatable bonds is 8. The fraction of sp³-hybridized carbons (Fsp3) is 0.524. The second-order valence-corrected chi connectivity index (χ2v) is 7.81. The lowest BCUT2D eigenvalue weighted by molar-refractivity contribution is -0.142. The predicted molar refractivity (Wildman–Crippen MR) is 107 cm³/mol. The zero-order valence-electron chi connectivity index (χ0n) is 17.2. The summed E-state index contributed by atoms with van der Waals surface area (Å²) in [7, 11) is 0. The maximum atomic E-state index is 12.2. The Hall–Kier alpha value is -2.90. The van der Waals surface area contributed by atoms with Gasteiger partial charge in [0.05, 0.1) is 0 Å². The molecule has 0 bridgehead atoms. The maximum absolute atomic E-state index is 12.2. The summed E-state index contributed by atoms with van der Waals surface area (Å²) in [5.74, 6) is -0.743. The van der Waals surface area contributed by atoms with E-state index in [1.54, 1.807) is 49.9 Å². The zero-order chi connectivity index (χ0) is 21.4. The quantitative estimate of drug-likeness (QED) is 0.406. The molecule has 1 aliphatic rings. The predicted octanol–water partition coefficient (Wildman–Crippen LogP) is 2.84. The van der Waals surface area contributed by atoms with Crippen molar-refractivity contribution in [3.8, 4) is 0 Å². The van der Waals surface area contributed by atoms with Gasteiger partial charge in [-0.3, -0.25) is 14.4 Å². The number of hydrogen-bond acceptors (Lipinski definition) is 6. The van der Waals surface area contributed by atoms with Gasteiger partial charge < -0.3 is 19.7 Å². The average molecular weight is 404 g/mol. The monoisotopic (exact) mass is 404 g/mol. The maximum Gasteiger partial charge on any atom is 0.407 e. The average Bonchev–Trinajstić information content (AvgIpc) is 3.08. The third-order valence-corrected chi connectivity index (χ3v) is 4.16. The summed E-state index contributed by atoms with van der Waals surface area (Å²) in [4.78, 5) is 48.8. The summed E-state index contributed by atoms with van der Waals surface area (Å²) < 4.78 is 10.1. The third-order valence-electron chi connectivity index (χ3n) is 4.16. The molecule has 0 radical (unpaired) electrons. The first-order valence-electron chi connectivity index (χ1n) is 9.72. The topological polar surface area (TPSA) is 102 Å². The smallest absolute Gasteiger partial charge is 0.407 e. The number of Topliss-reactive ketones (excluding diaryl/α,β-unsaturated/α-hetero) is 1. The van der Waals surface area contributed by atoms with Gasteiger partial charge in [-0.05, 0) is 57.9 Å². The van der Waals surface area contributed by atoms with E-state index in [1.165, 1.54) is 0 Å². The Labute approximate surface area is 170 Å². The number of hydrogen-bond donors (Lipinski definition) is 1. The van der Waals surface area contributed by atoms with E-state index in [1.807, 2.05) is 0 Å². The Morgan fingerprint density at radius 2 is 1.83 bits per heavy atom. The number of alkyl carbamates (subject to hydrolysis) is 1. The van der Waals surface area contributed by atoms with Crippen LogP contribution in [0.4, 0.5) is 10.5 Å². The molecule has 8 heteroatoms. The summed E-state index contributed by atoms with van der Waals surface area (Å²) in [5.41, 5.74) is 0.601. The number of amides is 2. The summed E-state index contributed by atoms with van der Waals surface area (Å²) in [6.07, 6.45) is 1.30. The highest BCUT2D eigenvalue weighted by Gasteiger charge is 2.22. The van der Waals surface area contributed by atoms with E-state index in [4.69, 9.17) is 9.47 Å². The number of carbonyl (C=O) groups is 4. The van der Waals surface area contributed by atoms with Crippen LogP contribution in [-0.2, 0) is 19.1 Å². The second-order valence-electron chi connectivity index (χ2n) is 7.81. The Kier molecular flexibility index (Phi) is 7.75. The van der Waals surface area contributed by atoms with Gasteiger partial charge in [-0.1, -0.05) is 0 Å². The molecule has 8 nitrogen and oxygen atoms in total. The molecule has 1 fully saturated rings. The van der Waals surface area contributed by atoms with E-state index < -0.39 is 17.7 Å². The third kappa shape index (κ3) is 7.56. The van der Waals surface area contributed by atoms with Crippen LogP contribution in [-0.4, -0.2) is 49.1 Å². The number of esters is 1. The van der Waals surface area contributed by atoms with Gasteiger partial charge in [0.25, 0.3) is 0 Å². The van der Waals surface area contributed by atoms with Crippen molar-refractivity contribution >= 4 is 29.4 Å². The molecule has 0 spiro atoms. The lowest BCUT2D eigenvalue weighted by Crippen LogP contribution is -2.33. The number of nitrogens with zero attached hydrogens (tertiary/aromatic N) is 1. The molecule has 0 aromatic heterocycles. The largest absolute Gasteiger partial charge is 0.457 e. The van der Waals surface area contributed by atoms with Gasteiger partial charge in [-0.15, -0.1) is 0 Å². The highest BCUT2D eigenvalue weighted by molar-refractivity contribution is 5.99. The lowest BCUT2D eigenvalue weighted by Gasteiger charge is -2.19. The van der Waals surface area contributed by atoms with Crippen molar-refractivity contribution in [3.63, 3.8) is 0 Å². The van der Waals surface area contributed by atoms with Crippen molar-refractivity contribution in [2.24, 2.45) is 0 Å². The molecule has 0 aliphatic carbocycles. The Morgan fingerprint density at radius 1 is 1.14 bits per heavy atom. The number of ether oxygens (including phenoxy) is 2. The Bertz CT molecular complexity index is 751. The summed E-state index contributed by atoms with van der Waals surface area (Å²) in [5, 5.41) is 2.55. The highest BCUT2D eigenvalue weighted by atomic mass is 16.6. The van der Waals surface area contributed by atoms with Gasteiger partial charge in [0, 0.05) is 37.2 Å². The van der Waals surface area contributed by atoms with Gasteiger partial charge in [-0.2, -0.15) is 0 Å². The van der Waals surface area contributed by atoms with Crippen LogP contribution in [0.2, 0.25) is 0 Å². The van der Waals surface area contributed by atoms with Crippen molar-refractivity contribution in [1.29, 1.82) is 0 Å². The van der Waals surface area contributed by atoms with Crippen LogP contribution < -0.4 is 10.2 Å². The molecule has 0 saturated carbocycles. The number of nitrogens with one attached hydrogen (secondary N) is 1. The van der Waals surface area contributed by atoms with E-state index in [0.717, 1.165) is 12.1 Å². The van der Waals surface area contributed by atoms with Crippen molar-refractivity contribution in [3.05, 3.63) is 29.8 Å². The van der Waals surface area contributed by atoms with Crippen LogP contribution in [0.25, 0.3) is 0 Å². The highest BCUT2D eigenvalue weighted by Crippen LogP contribution is 2.21. The Morgan fingerprint density at radius 3 is 2.41 bits per heavy atom. The standard InChI is InChI=1S/C21H28N2O6/c1-21(2,3)29-20(27)22-12-4-7-19(26)28-14-17(24)15-8-10-16(11-9-15)23-13-5-6-18(23)25/h8-11H,4-7,12-14H2,1-3H3,(H,22,27). The second kappa shape index (κ2) is 10.0. The van der Waals surface area contributed by atoms with E-state index >= 15 is 0 Å². The van der Waals surface area contributed by atoms with Gasteiger partial charge in [0.1, 0.15) is 5.60 Å². The molecule has 1 aliphatic heterocycles. The summed E-state index contributed by atoms with van der Waals surface area (Å²) in [6.45, 7) is 5.91. The molecule has 0 unspecified atom stereocenters. The minimum Gasteiger partial charge on any atom is -0.457 e. The minimum absolute atomic E-state index is 0.0824. The molecule has 1 aromatic rings. The molecular weight excluding hydrogens is 376 g/mol. The lowest BCUT2D eigenvalue weighted by atomic mass is 10.1. The van der Waals surface area contributed by atoms with Gasteiger partial charge in [0.15, 0.2) is 12.4 Å². The van der Waals surface area contributed by atoms with Crippen LogP contribution in [0.3, 0.4) is 0 Å². The minimum atomic E-state index is -0.578. The van der Waals surface area contributed by atoms with Gasteiger partial charge >= 0.3 is 12.1 Å². The Balaban J connectivity index is 1.67. The summed E-state index contributed by atoms with van der Waals surface area (Å²) >= 11 is 0. The van der Waals surface area contributed by atoms with Crippen LogP contribution in [0.1, 0.15) is 56.8 Å². The molecule has 158 valence electrons. The molecule has 1 N–H and O–H groups in total.